The molecule has 10 heteroatoms. The van der Waals surface area contributed by atoms with Crippen LogP contribution in [-0.2, 0) is 0 Å². The highest BCUT2D eigenvalue weighted by atomic mass is 15.2. The van der Waals surface area contributed by atoms with Gasteiger partial charge in [-0.05, 0) is 138 Å². The lowest BCUT2D eigenvalue weighted by Crippen LogP contribution is -2.06. The Kier molecular flexibility index (Phi) is 15.0. The molecule has 0 radical (unpaired) electrons. The molecule has 0 fully saturated rings. The van der Waals surface area contributed by atoms with Crippen LogP contribution in [0.25, 0.3) is 189 Å². The normalized spacial score (nSPS) is 11.6. The molecule has 496 valence electrons. The van der Waals surface area contributed by atoms with E-state index in [-0.39, 0.29) is 0 Å². The second kappa shape index (κ2) is 25.8. The minimum atomic E-state index is 0.588. The number of fused-ring (bicyclic) bond motifs is 12. The molecule has 0 saturated carbocycles. The van der Waals surface area contributed by atoms with Crippen molar-refractivity contribution in [1.29, 1.82) is 0 Å². The topological polar surface area (TPSA) is 97.1 Å². The van der Waals surface area contributed by atoms with Crippen molar-refractivity contribution < 1.29 is 0 Å². The van der Waals surface area contributed by atoms with Gasteiger partial charge in [0, 0.05) is 88.0 Å². The molecule has 21 rings (SSSR count). The largest absolute Gasteiger partial charge is 0.309 e. The lowest BCUT2D eigenvalue weighted by atomic mass is 10.0. The molecular formula is C96H62N10. The second-order valence-corrected chi connectivity index (χ2v) is 26.6. The monoisotopic (exact) mass is 1350 g/mol. The van der Waals surface area contributed by atoms with Crippen molar-refractivity contribution in [2.75, 3.05) is 0 Å². The number of rotatable bonds is 11. The van der Waals surface area contributed by atoms with E-state index in [0.717, 1.165) is 88.8 Å². The van der Waals surface area contributed by atoms with Gasteiger partial charge in [0.15, 0.2) is 29.1 Å². The summed E-state index contributed by atoms with van der Waals surface area (Å²) < 4.78 is 9.26. The minimum absolute atomic E-state index is 0.588. The van der Waals surface area contributed by atoms with E-state index in [9.17, 15) is 0 Å². The Bertz CT molecular complexity index is 6790. The third kappa shape index (κ3) is 10.7. The summed E-state index contributed by atoms with van der Waals surface area (Å²) in [5, 5.41) is 9.70. The van der Waals surface area contributed by atoms with Crippen LogP contribution in [0.1, 0.15) is 0 Å². The highest BCUT2D eigenvalue weighted by Crippen LogP contribution is 2.42. The van der Waals surface area contributed by atoms with Gasteiger partial charge in [-0.1, -0.05) is 261 Å². The van der Waals surface area contributed by atoms with Gasteiger partial charge in [0.1, 0.15) is 0 Å². The molecule has 6 aromatic heterocycles. The van der Waals surface area contributed by atoms with E-state index in [4.69, 9.17) is 29.9 Å². The van der Waals surface area contributed by atoms with E-state index in [1.807, 2.05) is 121 Å². The van der Waals surface area contributed by atoms with E-state index in [2.05, 4.69) is 273 Å². The summed E-state index contributed by atoms with van der Waals surface area (Å²) in [6.45, 7) is 0. The molecular weight excluding hydrogens is 1290 g/mol. The van der Waals surface area contributed by atoms with E-state index in [0.29, 0.717) is 35.1 Å². The van der Waals surface area contributed by atoms with Crippen LogP contribution in [0.4, 0.5) is 0 Å². The van der Waals surface area contributed by atoms with Crippen molar-refractivity contribution in [3.8, 4) is 102 Å². The van der Waals surface area contributed by atoms with Gasteiger partial charge >= 0.3 is 0 Å². The van der Waals surface area contributed by atoms with Crippen molar-refractivity contribution in [2.24, 2.45) is 0 Å². The first-order valence-electron chi connectivity index (χ1n) is 35.7. The average Bonchev–Trinajstić information content (AvgIpc) is 1.59. The smallest absolute Gasteiger partial charge is 0.238 e. The first-order chi connectivity index (χ1) is 52.6. The molecule has 0 spiro atoms. The summed E-state index contributed by atoms with van der Waals surface area (Å²) >= 11 is 0. The maximum atomic E-state index is 5.08. The number of hydrogen-bond donors (Lipinski definition) is 0. The van der Waals surface area contributed by atoms with Gasteiger partial charge < -0.3 is 13.7 Å². The molecule has 10 nitrogen and oxygen atoms in total. The Morgan fingerprint density at radius 1 is 0.142 bits per heavy atom. The molecule has 6 heterocycles. The van der Waals surface area contributed by atoms with Gasteiger partial charge in [0.05, 0.1) is 44.1 Å². The van der Waals surface area contributed by atoms with Gasteiger partial charge in [0.2, 0.25) is 5.95 Å². The maximum Gasteiger partial charge on any atom is 0.238 e. The summed E-state index contributed by atoms with van der Waals surface area (Å²) in [5.74, 6) is 3.80. The zero-order chi connectivity index (χ0) is 70.0. The van der Waals surface area contributed by atoms with Crippen LogP contribution in [0.3, 0.4) is 0 Å². The lowest BCUT2D eigenvalue weighted by molar-refractivity contribution is 0.953. The molecule has 0 bridgehead atoms. The SMILES string of the molecule is c1ccc(-c2nc(-c3ccccc3)nc(-c3ccc(-n4c5ccccc5c5cc(-c6ccc7c(c6)c6ccccc6n7-c6ccccc6)ccc54)cc3)n2)cc1.c1ccc(-c2nc(-c3ccccc3)nc(-n3c4ccccc4c4cc(-c5ccc6c7ccccc7n(-c7ccccc7)c6c5)ccc43)n2)cc1. The van der Waals surface area contributed by atoms with Crippen LogP contribution in [0.15, 0.2) is 376 Å². The molecule has 0 atom stereocenters. The molecule has 0 unspecified atom stereocenters. The van der Waals surface area contributed by atoms with Crippen LogP contribution in [0.5, 0.6) is 0 Å². The fraction of sp³-hybridized carbons (Fsp3) is 0. The molecule has 0 aliphatic rings. The molecule has 106 heavy (non-hydrogen) atoms. The van der Waals surface area contributed by atoms with Gasteiger partial charge in [-0.25, -0.2) is 19.9 Å². The number of aromatic nitrogens is 10. The number of para-hydroxylation sites is 6. The van der Waals surface area contributed by atoms with Crippen LogP contribution >= 0.6 is 0 Å². The van der Waals surface area contributed by atoms with Crippen LogP contribution in [0, 0.1) is 0 Å². The first kappa shape index (κ1) is 61.4. The van der Waals surface area contributed by atoms with Crippen LogP contribution < -0.4 is 0 Å². The maximum absolute atomic E-state index is 5.08. The summed E-state index contributed by atoms with van der Waals surface area (Å²) in [7, 11) is 0. The van der Waals surface area contributed by atoms with Gasteiger partial charge in [-0.2, -0.15) is 9.97 Å². The molecule has 0 amide bonds. The fourth-order valence-corrected chi connectivity index (χ4v) is 15.4. The zero-order valence-corrected chi connectivity index (χ0v) is 57.3. The minimum Gasteiger partial charge on any atom is -0.309 e. The Morgan fingerprint density at radius 3 is 0.755 bits per heavy atom. The third-order valence-electron chi connectivity index (χ3n) is 20.4. The predicted octanol–water partition coefficient (Wildman–Crippen LogP) is 23.8. The van der Waals surface area contributed by atoms with Crippen molar-refractivity contribution in [1.82, 2.24) is 48.2 Å². The van der Waals surface area contributed by atoms with Crippen molar-refractivity contribution >= 4 is 87.2 Å². The van der Waals surface area contributed by atoms with E-state index in [1.54, 1.807) is 0 Å². The summed E-state index contributed by atoms with van der Waals surface area (Å²) in [4.78, 5) is 29.9. The van der Waals surface area contributed by atoms with Crippen LogP contribution in [0.2, 0.25) is 0 Å². The zero-order valence-electron chi connectivity index (χ0n) is 57.3. The Labute approximate surface area is 610 Å². The van der Waals surface area contributed by atoms with E-state index >= 15 is 0 Å². The first-order valence-corrected chi connectivity index (χ1v) is 35.7. The summed E-state index contributed by atoms with van der Waals surface area (Å²) in [6.07, 6.45) is 0. The van der Waals surface area contributed by atoms with Gasteiger partial charge in [-0.15, -0.1) is 0 Å². The van der Waals surface area contributed by atoms with Crippen molar-refractivity contribution in [3.63, 3.8) is 0 Å². The lowest BCUT2D eigenvalue weighted by Gasteiger charge is -2.11. The Hall–Kier alpha value is -14.5. The third-order valence-corrected chi connectivity index (χ3v) is 20.4. The number of hydrogen-bond acceptors (Lipinski definition) is 6. The standard InChI is InChI=1S/C51H33N5.C45H29N5/c1-4-14-34(15-5-1)49-52-50(35-16-6-2-7-17-35)54-51(53-49)36-24-28-40(29-25-36)56-46-23-13-11-21-42(46)44-33-38(27-31-48(44)56)37-26-30-47-43(32-37)41-20-10-12-22-45(41)55(47)39-18-8-3-9-19-39;1-4-14-30(15-5-1)43-46-44(31-16-6-2-7-17-31)48-45(47-43)50-40-23-13-11-21-36(40)38-28-32(25-27-41(38)50)33-24-26-37-35-20-10-12-22-39(35)49(42(37)29-33)34-18-8-3-9-19-34/h1-33H;1-29H. The molecule has 21 aromatic rings. The predicted molar refractivity (Wildman–Crippen MR) is 435 cm³/mol. The highest BCUT2D eigenvalue weighted by Gasteiger charge is 2.22. The number of nitrogens with zero attached hydrogens (tertiary/aromatic N) is 10. The quantitative estimate of drug-likeness (QED) is 0.128. The molecule has 0 aliphatic carbocycles. The average molecular weight is 1360 g/mol. The molecule has 0 N–H and O–H groups in total. The van der Waals surface area contributed by atoms with E-state index in [1.165, 1.54) is 65.5 Å². The molecule has 0 saturated heterocycles. The van der Waals surface area contributed by atoms with Gasteiger partial charge in [-0.3, -0.25) is 4.57 Å². The Morgan fingerprint density at radius 2 is 0.377 bits per heavy atom. The van der Waals surface area contributed by atoms with Crippen molar-refractivity contribution in [2.45, 2.75) is 0 Å². The van der Waals surface area contributed by atoms with Crippen molar-refractivity contribution in [3.05, 3.63) is 376 Å². The Balaban J connectivity index is 0.000000141. The molecule has 15 aromatic carbocycles. The number of benzene rings is 15. The second-order valence-electron chi connectivity index (χ2n) is 26.6. The van der Waals surface area contributed by atoms with Gasteiger partial charge in [0.25, 0.3) is 0 Å². The molecule has 0 aliphatic heterocycles. The summed E-state index contributed by atoms with van der Waals surface area (Å²) in [5.41, 5.74) is 22.0. The summed E-state index contributed by atoms with van der Waals surface area (Å²) in [6, 6.07) is 132. The fourth-order valence-electron chi connectivity index (χ4n) is 15.4. The highest BCUT2D eigenvalue weighted by molar-refractivity contribution is 6.15. The van der Waals surface area contributed by atoms with Crippen LogP contribution in [-0.4, -0.2) is 48.2 Å². The van der Waals surface area contributed by atoms with E-state index < -0.39 is 0 Å².